The first-order valence-electron chi connectivity index (χ1n) is 11.2. The molecule has 2 aromatic rings. The molecule has 0 aromatic carbocycles. The Balaban J connectivity index is 2.28. The first-order valence-corrected chi connectivity index (χ1v) is 15.1. The van der Waals surface area contributed by atoms with Gasteiger partial charge in [0.05, 0.1) is 16.8 Å². The van der Waals surface area contributed by atoms with Gasteiger partial charge < -0.3 is 9.22 Å². The average Bonchev–Trinajstić information content (AvgIpc) is 3.36. The van der Waals surface area contributed by atoms with Gasteiger partial charge in [0.2, 0.25) is 8.32 Å². The third-order valence-electron chi connectivity index (χ3n) is 5.99. The Bertz CT molecular complexity index is 849. The Labute approximate surface area is 197 Å². The van der Waals surface area contributed by atoms with Crippen molar-refractivity contribution in [3.63, 3.8) is 0 Å². The normalized spacial score (nSPS) is 15.0. The maximum absolute atomic E-state index is 11.7. The van der Waals surface area contributed by atoms with Crippen LogP contribution in [0, 0.1) is 5.92 Å². The van der Waals surface area contributed by atoms with Gasteiger partial charge in [0, 0.05) is 22.6 Å². The van der Waals surface area contributed by atoms with Crippen molar-refractivity contribution in [3.05, 3.63) is 27.5 Å². The summed E-state index contributed by atoms with van der Waals surface area (Å²) in [5.41, 5.74) is 3.23. The van der Waals surface area contributed by atoms with Crippen LogP contribution >= 0.6 is 22.7 Å². The number of thiazole rings is 2. The van der Waals surface area contributed by atoms with E-state index < -0.39 is 8.32 Å². The Morgan fingerprint density at radius 3 is 2.00 bits per heavy atom. The Kier molecular flexibility index (Phi) is 9.36. The number of hydrogen-bond donors (Lipinski definition) is 0. The lowest BCUT2D eigenvalue weighted by Gasteiger charge is -2.44. The molecule has 0 aliphatic carbocycles. The van der Waals surface area contributed by atoms with Gasteiger partial charge in [0.1, 0.15) is 17.0 Å². The molecule has 0 aliphatic heterocycles. The molecule has 0 saturated heterocycles. The number of carbonyl (C=O) groups is 1. The van der Waals surface area contributed by atoms with Crippen molar-refractivity contribution >= 4 is 43.4 Å². The van der Waals surface area contributed by atoms with Gasteiger partial charge >= 0.3 is 0 Å². The first kappa shape index (κ1) is 26.1. The number of carbonyl (C=O) groups excluding carboxylic acids is 1. The van der Waals surface area contributed by atoms with E-state index in [2.05, 4.69) is 60.8 Å². The number of aromatic nitrogens is 2. The van der Waals surface area contributed by atoms with E-state index in [0.29, 0.717) is 22.5 Å². The van der Waals surface area contributed by atoms with Crippen LogP contribution in [-0.2, 0) is 9.22 Å². The van der Waals surface area contributed by atoms with Crippen molar-refractivity contribution in [1.82, 2.24) is 9.97 Å². The van der Waals surface area contributed by atoms with Crippen LogP contribution in [0.3, 0.4) is 0 Å². The minimum atomic E-state index is -2.10. The van der Waals surface area contributed by atoms with Crippen LogP contribution < -0.4 is 0 Å². The number of aldehydes is 1. The molecule has 7 heteroatoms. The van der Waals surface area contributed by atoms with Crippen molar-refractivity contribution in [3.8, 4) is 10.7 Å². The van der Waals surface area contributed by atoms with Gasteiger partial charge in [-0.05, 0) is 22.7 Å². The molecular formula is C24H38N2O2S2Si. The molecule has 0 aliphatic rings. The van der Waals surface area contributed by atoms with Crippen molar-refractivity contribution in [2.45, 2.75) is 91.0 Å². The molecule has 0 radical (unpaired) electrons. The molecule has 31 heavy (non-hydrogen) atoms. The van der Waals surface area contributed by atoms with Crippen LogP contribution in [0.2, 0.25) is 16.6 Å². The highest BCUT2D eigenvalue weighted by molar-refractivity contribution is 7.14. The zero-order valence-electron chi connectivity index (χ0n) is 20.4. The maximum atomic E-state index is 11.7. The van der Waals surface area contributed by atoms with Crippen molar-refractivity contribution < 1.29 is 9.22 Å². The minimum Gasteiger partial charge on any atom is -0.409 e. The van der Waals surface area contributed by atoms with Crippen molar-refractivity contribution in [2.24, 2.45) is 5.92 Å². The van der Waals surface area contributed by atoms with Gasteiger partial charge in [-0.15, -0.1) is 22.7 Å². The summed E-state index contributed by atoms with van der Waals surface area (Å²) in [6, 6.07) is 0. The molecule has 0 bridgehead atoms. The maximum Gasteiger partial charge on any atom is 0.201 e. The van der Waals surface area contributed by atoms with Gasteiger partial charge in [0.15, 0.2) is 0 Å². The summed E-state index contributed by atoms with van der Waals surface area (Å²) in [7, 11) is -2.10. The summed E-state index contributed by atoms with van der Waals surface area (Å²) in [5.74, 6) is 0.220. The smallest absolute Gasteiger partial charge is 0.201 e. The second-order valence-electron chi connectivity index (χ2n) is 9.56. The van der Waals surface area contributed by atoms with E-state index >= 15 is 0 Å². The molecule has 2 aromatic heterocycles. The quantitative estimate of drug-likeness (QED) is 0.244. The Morgan fingerprint density at radius 1 is 0.903 bits per heavy atom. The Morgan fingerprint density at radius 2 is 1.52 bits per heavy atom. The molecule has 0 unspecified atom stereocenters. The van der Waals surface area contributed by atoms with Crippen LogP contribution in [0.5, 0.6) is 0 Å². The molecule has 0 spiro atoms. The molecule has 0 N–H and O–H groups in total. The second kappa shape index (κ2) is 11.1. The van der Waals surface area contributed by atoms with Crippen LogP contribution in [-0.4, -0.2) is 30.7 Å². The van der Waals surface area contributed by atoms with Gasteiger partial charge in [-0.2, -0.15) is 0 Å². The SMILES string of the molecule is CC(C)c1nc(-c2nc(/C=C/[C@H](O[Si](C(C)C)(C(C)C)C(C)C)[C@@H](C)C=O)cs2)cs1. The summed E-state index contributed by atoms with van der Waals surface area (Å²) >= 11 is 3.29. The van der Waals surface area contributed by atoms with E-state index in [1.165, 1.54) is 0 Å². The molecule has 0 fully saturated rings. The second-order valence-corrected chi connectivity index (χ2v) is 16.7. The Hall–Kier alpha value is -1.15. The molecule has 0 amide bonds. The van der Waals surface area contributed by atoms with Gasteiger partial charge in [0.25, 0.3) is 0 Å². The lowest BCUT2D eigenvalue weighted by atomic mass is 10.1. The van der Waals surface area contributed by atoms with Crippen LogP contribution in [0.25, 0.3) is 16.8 Å². The van der Waals surface area contributed by atoms with Crippen LogP contribution in [0.4, 0.5) is 0 Å². The van der Waals surface area contributed by atoms with E-state index in [1.807, 2.05) is 24.5 Å². The first-order chi connectivity index (χ1) is 14.5. The largest absolute Gasteiger partial charge is 0.409 e. The van der Waals surface area contributed by atoms with Gasteiger partial charge in [-0.3, -0.25) is 0 Å². The minimum absolute atomic E-state index is 0.204. The molecule has 2 heterocycles. The summed E-state index contributed by atoms with van der Waals surface area (Å²) in [4.78, 5) is 21.1. The molecule has 2 rings (SSSR count). The monoisotopic (exact) mass is 478 g/mol. The predicted molar refractivity (Wildman–Crippen MR) is 137 cm³/mol. The topological polar surface area (TPSA) is 52.1 Å². The molecule has 172 valence electrons. The average molecular weight is 479 g/mol. The zero-order valence-corrected chi connectivity index (χ0v) is 23.0. The van der Waals surface area contributed by atoms with E-state index in [0.717, 1.165) is 27.7 Å². The summed E-state index contributed by atoms with van der Waals surface area (Å²) < 4.78 is 6.90. The highest BCUT2D eigenvalue weighted by Crippen LogP contribution is 2.43. The van der Waals surface area contributed by atoms with Gasteiger partial charge in [-0.25, -0.2) is 9.97 Å². The lowest BCUT2D eigenvalue weighted by Crippen LogP contribution is -2.51. The standard InChI is InChI=1S/C24H38N2O2S2Si/c1-15(2)23-26-21(14-30-23)24-25-20(13-29-24)10-11-22(19(9)12-27)28-31(16(3)4,17(5)6)18(7)8/h10-19,22H,1-9H3/b11-10+/t19-,22-/m0/s1. The molecule has 2 atom stereocenters. The highest BCUT2D eigenvalue weighted by atomic mass is 32.1. The zero-order chi connectivity index (χ0) is 23.3. The fourth-order valence-corrected chi connectivity index (χ4v) is 11.6. The molecular weight excluding hydrogens is 440 g/mol. The van der Waals surface area contributed by atoms with Gasteiger partial charge in [-0.1, -0.05) is 68.4 Å². The van der Waals surface area contributed by atoms with Crippen molar-refractivity contribution in [1.29, 1.82) is 0 Å². The molecule has 4 nitrogen and oxygen atoms in total. The summed E-state index contributed by atoms with van der Waals surface area (Å²) in [5, 5.41) is 6.18. The third-order valence-corrected chi connectivity index (χ3v) is 14.1. The van der Waals surface area contributed by atoms with Crippen LogP contribution in [0.1, 0.15) is 78.9 Å². The summed E-state index contributed by atoms with van der Waals surface area (Å²) in [6.07, 6.45) is 4.80. The fraction of sp³-hybridized carbons (Fsp3) is 0.625. The van der Waals surface area contributed by atoms with Crippen LogP contribution in [0.15, 0.2) is 16.8 Å². The van der Waals surface area contributed by atoms with Crippen molar-refractivity contribution in [2.75, 3.05) is 0 Å². The van der Waals surface area contributed by atoms with E-state index in [1.54, 1.807) is 22.7 Å². The number of rotatable bonds is 11. The highest BCUT2D eigenvalue weighted by Gasteiger charge is 2.46. The molecule has 0 saturated carbocycles. The summed E-state index contributed by atoms with van der Waals surface area (Å²) in [6.45, 7) is 19.9. The number of hydrogen-bond acceptors (Lipinski definition) is 6. The lowest BCUT2D eigenvalue weighted by molar-refractivity contribution is -0.112. The van der Waals surface area contributed by atoms with E-state index in [-0.39, 0.29) is 12.0 Å². The third kappa shape index (κ3) is 6.00. The fourth-order valence-electron chi connectivity index (χ4n) is 4.37. The predicted octanol–water partition coefficient (Wildman–Crippen LogP) is 7.80. The number of nitrogens with zero attached hydrogens (tertiary/aromatic N) is 2. The van der Waals surface area contributed by atoms with E-state index in [9.17, 15) is 4.79 Å². The van der Waals surface area contributed by atoms with E-state index in [4.69, 9.17) is 14.4 Å².